The Morgan fingerprint density at radius 2 is 2.27 bits per heavy atom. The minimum atomic E-state index is -0.175. The van der Waals surface area contributed by atoms with Crippen LogP contribution in [0.5, 0.6) is 0 Å². The molecule has 15 heavy (non-hydrogen) atoms. The fourth-order valence-corrected chi connectivity index (χ4v) is 2.16. The van der Waals surface area contributed by atoms with Gasteiger partial charge in [-0.15, -0.1) is 0 Å². The Labute approximate surface area is 98.8 Å². The van der Waals surface area contributed by atoms with Crippen LogP contribution in [0, 0.1) is 0 Å². The van der Waals surface area contributed by atoms with Crippen molar-refractivity contribution in [2.24, 2.45) is 5.73 Å². The zero-order valence-corrected chi connectivity index (χ0v) is 10.6. The smallest absolute Gasteiger partial charge is 0.0878 e. The Hall–Kier alpha value is -0.740. The Balaban J connectivity index is 2.24. The quantitative estimate of drug-likeness (QED) is 0.867. The lowest BCUT2D eigenvalue weighted by atomic mass is 10.1. The van der Waals surface area contributed by atoms with Crippen LogP contribution in [0.1, 0.15) is 13.8 Å². The second kappa shape index (κ2) is 3.68. The van der Waals surface area contributed by atoms with Crippen LogP contribution in [-0.4, -0.2) is 18.8 Å². The average molecular weight is 270 g/mol. The molecule has 0 fully saturated rings. The molecule has 1 heterocycles. The summed E-state index contributed by atoms with van der Waals surface area (Å²) in [6.07, 6.45) is 0. The standard InChI is InChI=1S/C11H16BrN3/c1-11(2,13)6-15-7-14-9-4-3-8(12)5-10(9)15/h3-5,14H,6-7,13H2,1-2H3. The summed E-state index contributed by atoms with van der Waals surface area (Å²) in [5, 5.41) is 3.35. The van der Waals surface area contributed by atoms with Crippen LogP contribution in [0.15, 0.2) is 22.7 Å². The molecule has 1 aromatic carbocycles. The molecule has 82 valence electrons. The van der Waals surface area contributed by atoms with Gasteiger partial charge in [-0.1, -0.05) is 15.9 Å². The van der Waals surface area contributed by atoms with Gasteiger partial charge in [0.1, 0.15) is 0 Å². The first-order valence-electron chi connectivity index (χ1n) is 5.03. The van der Waals surface area contributed by atoms with Gasteiger partial charge in [0.15, 0.2) is 0 Å². The number of benzene rings is 1. The van der Waals surface area contributed by atoms with Crippen molar-refractivity contribution in [2.45, 2.75) is 19.4 Å². The second-order valence-electron chi connectivity index (χ2n) is 4.68. The molecule has 0 radical (unpaired) electrons. The van der Waals surface area contributed by atoms with Crippen LogP contribution >= 0.6 is 15.9 Å². The van der Waals surface area contributed by atoms with Crippen molar-refractivity contribution in [1.82, 2.24) is 0 Å². The number of anilines is 2. The average Bonchev–Trinajstić information content (AvgIpc) is 2.46. The highest BCUT2D eigenvalue weighted by Gasteiger charge is 2.23. The molecular formula is C11H16BrN3. The van der Waals surface area contributed by atoms with E-state index in [0.29, 0.717) is 0 Å². The number of halogens is 1. The summed E-state index contributed by atoms with van der Waals surface area (Å²) in [7, 11) is 0. The molecule has 0 spiro atoms. The van der Waals surface area contributed by atoms with Gasteiger partial charge in [-0.2, -0.15) is 0 Å². The molecule has 1 aliphatic heterocycles. The third-order valence-electron chi connectivity index (χ3n) is 2.36. The van der Waals surface area contributed by atoms with Crippen LogP contribution in [0.3, 0.4) is 0 Å². The van der Waals surface area contributed by atoms with Gasteiger partial charge < -0.3 is 16.0 Å². The van der Waals surface area contributed by atoms with Crippen LogP contribution < -0.4 is 16.0 Å². The highest BCUT2D eigenvalue weighted by Crippen LogP contribution is 2.34. The number of hydrogen-bond donors (Lipinski definition) is 2. The molecule has 0 bridgehead atoms. The largest absolute Gasteiger partial charge is 0.366 e. The van der Waals surface area contributed by atoms with E-state index in [9.17, 15) is 0 Å². The van der Waals surface area contributed by atoms with Crippen molar-refractivity contribution in [1.29, 1.82) is 0 Å². The van der Waals surface area contributed by atoms with Crippen LogP contribution in [0.4, 0.5) is 11.4 Å². The first kappa shape index (κ1) is 10.8. The molecule has 4 heteroatoms. The van der Waals surface area contributed by atoms with Gasteiger partial charge in [-0.25, -0.2) is 0 Å². The minimum Gasteiger partial charge on any atom is -0.366 e. The van der Waals surface area contributed by atoms with Crippen molar-refractivity contribution in [3.63, 3.8) is 0 Å². The summed E-state index contributed by atoms with van der Waals surface area (Å²) in [5.74, 6) is 0. The van der Waals surface area contributed by atoms with Crippen molar-refractivity contribution in [3.8, 4) is 0 Å². The van der Waals surface area contributed by atoms with E-state index >= 15 is 0 Å². The van der Waals surface area contributed by atoms with E-state index in [-0.39, 0.29) is 5.54 Å². The Morgan fingerprint density at radius 3 is 2.93 bits per heavy atom. The van der Waals surface area contributed by atoms with E-state index in [2.05, 4.69) is 38.3 Å². The maximum Gasteiger partial charge on any atom is 0.0878 e. The number of rotatable bonds is 2. The summed E-state index contributed by atoms with van der Waals surface area (Å²) in [6, 6.07) is 6.26. The van der Waals surface area contributed by atoms with Crippen LogP contribution in [-0.2, 0) is 0 Å². The zero-order valence-electron chi connectivity index (χ0n) is 9.05. The topological polar surface area (TPSA) is 41.3 Å². The summed E-state index contributed by atoms with van der Waals surface area (Å²) in [6.45, 7) is 5.78. The fourth-order valence-electron chi connectivity index (χ4n) is 1.81. The highest BCUT2D eigenvalue weighted by atomic mass is 79.9. The zero-order chi connectivity index (χ0) is 11.1. The van der Waals surface area contributed by atoms with Crippen LogP contribution in [0.25, 0.3) is 0 Å². The Kier molecular flexibility index (Phi) is 2.64. The first-order chi connectivity index (χ1) is 6.96. The summed E-state index contributed by atoms with van der Waals surface area (Å²) in [5.41, 5.74) is 8.26. The summed E-state index contributed by atoms with van der Waals surface area (Å²) < 4.78 is 1.10. The van der Waals surface area contributed by atoms with E-state index in [1.807, 2.05) is 19.9 Å². The molecule has 1 aromatic rings. The van der Waals surface area contributed by atoms with E-state index in [4.69, 9.17) is 5.73 Å². The molecule has 0 atom stereocenters. The molecule has 3 N–H and O–H groups in total. The normalized spacial score (nSPS) is 15.1. The first-order valence-corrected chi connectivity index (χ1v) is 5.82. The maximum atomic E-state index is 6.03. The van der Waals surface area contributed by atoms with E-state index in [1.54, 1.807) is 0 Å². The molecule has 0 aliphatic carbocycles. The van der Waals surface area contributed by atoms with Gasteiger partial charge in [0.05, 0.1) is 18.0 Å². The number of fused-ring (bicyclic) bond motifs is 1. The van der Waals surface area contributed by atoms with Crippen molar-refractivity contribution in [3.05, 3.63) is 22.7 Å². The van der Waals surface area contributed by atoms with Gasteiger partial charge in [0, 0.05) is 16.6 Å². The Bertz CT molecular complexity index is 371. The molecular weight excluding hydrogens is 254 g/mol. The molecule has 3 nitrogen and oxygen atoms in total. The third-order valence-corrected chi connectivity index (χ3v) is 2.85. The van der Waals surface area contributed by atoms with E-state index < -0.39 is 0 Å². The maximum absolute atomic E-state index is 6.03. The molecule has 2 rings (SSSR count). The molecule has 0 saturated heterocycles. The van der Waals surface area contributed by atoms with Crippen molar-refractivity contribution in [2.75, 3.05) is 23.4 Å². The van der Waals surface area contributed by atoms with Crippen LogP contribution in [0.2, 0.25) is 0 Å². The van der Waals surface area contributed by atoms with E-state index in [1.165, 1.54) is 11.4 Å². The van der Waals surface area contributed by atoms with E-state index in [0.717, 1.165) is 17.7 Å². The van der Waals surface area contributed by atoms with Crippen molar-refractivity contribution >= 4 is 27.3 Å². The predicted octanol–water partition coefficient (Wildman–Crippen LogP) is 2.38. The van der Waals surface area contributed by atoms with Crippen molar-refractivity contribution < 1.29 is 0 Å². The molecule has 0 saturated carbocycles. The summed E-state index contributed by atoms with van der Waals surface area (Å²) in [4.78, 5) is 2.26. The predicted molar refractivity (Wildman–Crippen MR) is 68.2 cm³/mol. The van der Waals surface area contributed by atoms with Gasteiger partial charge >= 0.3 is 0 Å². The lowest BCUT2D eigenvalue weighted by molar-refractivity contribution is 0.514. The minimum absolute atomic E-state index is 0.175. The number of nitrogens with zero attached hydrogens (tertiary/aromatic N) is 1. The Morgan fingerprint density at radius 1 is 1.53 bits per heavy atom. The number of nitrogens with one attached hydrogen (secondary N) is 1. The van der Waals surface area contributed by atoms with Gasteiger partial charge in [0.2, 0.25) is 0 Å². The number of hydrogen-bond acceptors (Lipinski definition) is 3. The monoisotopic (exact) mass is 269 g/mol. The van der Waals surface area contributed by atoms with Gasteiger partial charge in [0.25, 0.3) is 0 Å². The summed E-state index contributed by atoms with van der Waals surface area (Å²) >= 11 is 3.49. The molecule has 0 aromatic heterocycles. The highest BCUT2D eigenvalue weighted by molar-refractivity contribution is 9.10. The SMILES string of the molecule is CC(C)(N)CN1CNc2ccc(Br)cc21. The number of nitrogens with two attached hydrogens (primary N) is 1. The third kappa shape index (κ3) is 2.44. The fraction of sp³-hybridized carbons (Fsp3) is 0.455. The lowest BCUT2D eigenvalue weighted by Gasteiger charge is -2.27. The lowest BCUT2D eigenvalue weighted by Crippen LogP contribution is -2.45. The van der Waals surface area contributed by atoms with Gasteiger partial charge in [-0.05, 0) is 32.0 Å². The molecule has 0 unspecified atom stereocenters. The second-order valence-corrected chi connectivity index (χ2v) is 5.60. The van der Waals surface area contributed by atoms with Gasteiger partial charge in [-0.3, -0.25) is 0 Å². The molecule has 0 amide bonds. The molecule has 1 aliphatic rings.